The molecule has 0 spiro atoms. The van der Waals surface area contributed by atoms with Gasteiger partial charge in [-0.25, -0.2) is 0 Å². The Bertz CT molecular complexity index is 1270. The van der Waals surface area contributed by atoms with E-state index in [-0.39, 0.29) is 11.8 Å². The molecule has 0 radical (unpaired) electrons. The number of hydrogen-bond donors (Lipinski definition) is 0. The van der Waals surface area contributed by atoms with Gasteiger partial charge in [-0.2, -0.15) is 0 Å². The maximum atomic E-state index is 6.80. The highest BCUT2D eigenvalue weighted by Crippen LogP contribution is 2.50. The van der Waals surface area contributed by atoms with Crippen molar-refractivity contribution in [3.05, 3.63) is 156 Å². The summed E-state index contributed by atoms with van der Waals surface area (Å²) in [6.45, 7) is 0. The lowest BCUT2D eigenvalue weighted by Crippen LogP contribution is -2.11. The molecule has 33 heavy (non-hydrogen) atoms. The first-order valence-electron chi connectivity index (χ1n) is 11.5. The molecular formula is C32H24O. The van der Waals surface area contributed by atoms with Gasteiger partial charge in [0.1, 0.15) is 11.5 Å². The largest absolute Gasteiger partial charge is 0.455 e. The van der Waals surface area contributed by atoms with Crippen LogP contribution in [0, 0.1) is 0 Å². The standard InChI is InChI=1S/C32H24O/c1-5-13-23(14-6-1)27-21-22-28(24-15-7-2-8-16-24)30-29(27)31(25-17-9-3-10-18-25)33-32(30)26-19-11-4-12-20-26/h1-22,27-28H/t27-,28-/m0/s1. The molecule has 1 aliphatic carbocycles. The van der Waals surface area contributed by atoms with Crippen molar-refractivity contribution >= 4 is 0 Å². The first-order chi connectivity index (χ1) is 16.4. The first-order valence-corrected chi connectivity index (χ1v) is 11.5. The lowest BCUT2D eigenvalue weighted by Gasteiger charge is -2.26. The van der Waals surface area contributed by atoms with Crippen LogP contribution in [0.15, 0.2) is 138 Å². The smallest absolute Gasteiger partial charge is 0.139 e. The molecule has 0 N–H and O–H groups in total. The Hall–Kier alpha value is -4.10. The van der Waals surface area contributed by atoms with Gasteiger partial charge in [0.15, 0.2) is 0 Å². The molecule has 0 unspecified atom stereocenters. The summed E-state index contributed by atoms with van der Waals surface area (Å²) in [5, 5.41) is 0. The van der Waals surface area contributed by atoms with E-state index >= 15 is 0 Å². The van der Waals surface area contributed by atoms with Crippen LogP contribution in [0.3, 0.4) is 0 Å². The molecule has 1 heterocycles. The second-order valence-corrected chi connectivity index (χ2v) is 8.48. The van der Waals surface area contributed by atoms with Crippen molar-refractivity contribution in [1.29, 1.82) is 0 Å². The molecule has 1 heteroatoms. The summed E-state index contributed by atoms with van der Waals surface area (Å²) >= 11 is 0. The van der Waals surface area contributed by atoms with Crippen LogP contribution in [0.25, 0.3) is 22.6 Å². The van der Waals surface area contributed by atoms with Crippen molar-refractivity contribution in [2.24, 2.45) is 0 Å². The van der Waals surface area contributed by atoms with Crippen LogP contribution in [0.1, 0.15) is 34.1 Å². The average molecular weight is 425 g/mol. The number of benzene rings is 4. The third-order valence-corrected chi connectivity index (χ3v) is 6.49. The van der Waals surface area contributed by atoms with Gasteiger partial charge >= 0.3 is 0 Å². The Morgan fingerprint density at radius 1 is 0.394 bits per heavy atom. The first kappa shape index (κ1) is 19.6. The molecule has 5 aromatic rings. The molecule has 1 aromatic heterocycles. The molecule has 0 saturated heterocycles. The zero-order valence-electron chi connectivity index (χ0n) is 18.3. The molecule has 1 aliphatic rings. The quantitative estimate of drug-likeness (QED) is 0.264. The van der Waals surface area contributed by atoms with Gasteiger partial charge in [0, 0.05) is 34.1 Å². The van der Waals surface area contributed by atoms with E-state index in [1.807, 2.05) is 0 Å². The third-order valence-electron chi connectivity index (χ3n) is 6.49. The zero-order valence-corrected chi connectivity index (χ0v) is 18.3. The van der Waals surface area contributed by atoms with Crippen molar-refractivity contribution in [1.82, 2.24) is 0 Å². The highest BCUT2D eigenvalue weighted by atomic mass is 16.3. The van der Waals surface area contributed by atoms with Crippen LogP contribution in [0.4, 0.5) is 0 Å². The van der Waals surface area contributed by atoms with Gasteiger partial charge in [0.25, 0.3) is 0 Å². The Kier molecular flexibility index (Phi) is 5.01. The van der Waals surface area contributed by atoms with Crippen molar-refractivity contribution < 1.29 is 4.42 Å². The van der Waals surface area contributed by atoms with E-state index in [0.29, 0.717) is 0 Å². The summed E-state index contributed by atoms with van der Waals surface area (Å²) in [6, 6.07) is 42.5. The monoisotopic (exact) mass is 424 g/mol. The number of allylic oxidation sites excluding steroid dienone is 2. The number of hydrogen-bond acceptors (Lipinski definition) is 1. The minimum atomic E-state index is 0.137. The summed E-state index contributed by atoms with van der Waals surface area (Å²) < 4.78 is 6.80. The molecule has 0 amide bonds. The van der Waals surface area contributed by atoms with Crippen LogP contribution in [0.5, 0.6) is 0 Å². The highest BCUT2D eigenvalue weighted by Gasteiger charge is 2.34. The summed E-state index contributed by atoms with van der Waals surface area (Å²) in [6.07, 6.45) is 4.71. The van der Waals surface area contributed by atoms with Crippen LogP contribution in [0.2, 0.25) is 0 Å². The normalized spacial score (nSPS) is 17.0. The average Bonchev–Trinajstić information content (AvgIpc) is 3.31. The fourth-order valence-electron chi connectivity index (χ4n) is 4.97. The van der Waals surface area contributed by atoms with E-state index in [9.17, 15) is 0 Å². The zero-order chi connectivity index (χ0) is 22.0. The summed E-state index contributed by atoms with van der Waals surface area (Å²) in [5.74, 6) is 2.20. The summed E-state index contributed by atoms with van der Waals surface area (Å²) in [5.41, 5.74) is 7.31. The highest BCUT2D eigenvalue weighted by molar-refractivity contribution is 5.77. The Morgan fingerprint density at radius 3 is 1.09 bits per heavy atom. The molecule has 2 atom stereocenters. The maximum Gasteiger partial charge on any atom is 0.139 e. The van der Waals surface area contributed by atoms with E-state index < -0.39 is 0 Å². The molecule has 0 fully saturated rings. The van der Waals surface area contributed by atoms with Gasteiger partial charge in [-0.05, 0) is 11.1 Å². The summed E-state index contributed by atoms with van der Waals surface area (Å²) in [7, 11) is 0. The minimum absolute atomic E-state index is 0.137. The molecule has 6 rings (SSSR count). The van der Waals surface area contributed by atoms with Crippen molar-refractivity contribution in [2.45, 2.75) is 11.8 Å². The Balaban J connectivity index is 1.67. The Labute approximate surface area is 194 Å². The molecule has 4 aromatic carbocycles. The molecule has 0 aliphatic heterocycles. The predicted molar refractivity (Wildman–Crippen MR) is 135 cm³/mol. The van der Waals surface area contributed by atoms with E-state index in [0.717, 1.165) is 22.6 Å². The van der Waals surface area contributed by atoms with Crippen LogP contribution in [-0.4, -0.2) is 0 Å². The van der Waals surface area contributed by atoms with Crippen molar-refractivity contribution in [3.8, 4) is 22.6 Å². The fourth-order valence-corrected chi connectivity index (χ4v) is 4.97. The molecule has 0 saturated carbocycles. The third kappa shape index (κ3) is 3.52. The SMILES string of the molecule is C1=C[C@@H](c2ccccc2)c2c(-c3ccccc3)oc(-c3ccccc3)c2[C@@H]1c1ccccc1. The van der Waals surface area contributed by atoms with Gasteiger partial charge in [-0.15, -0.1) is 0 Å². The van der Waals surface area contributed by atoms with Crippen LogP contribution >= 0.6 is 0 Å². The van der Waals surface area contributed by atoms with E-state index in [1.165, 1.54) is 22.3 Å². The van der Waals surface area contributed by atoms with Crippen LogP contribution in [-0.2, 0) is 0 Å². The fraction of sp³-hybridized carbons (Fsp3) is 0.0625. The Morgan fingerprint density at radius 2 is 0.727 bits per heavy atom. The minimum Gasteiger partial charge on any atom is -0.455 e. The topological polar surface area (TPSA) is 13.1 Å². The summed E-state index contributed by atoms with van der Waals surface area (Å²) in [4.78, 5) is 0. The van der Waals surface area contributed by atoms with Gasteiger partial charge in [0.2, 0.25) is 0 Å². The van der Waals surface area contributed by atoms with E-state index in [2.05, 4.69) is 133 Å². The number of fused-ring (bicyclic) bond motifs is 1. The van der Waals surface area contributed by atoms with Crippen molar-refractivity contribution in [3.63, 3.8) is 0 Å². The van der Waals surface area contributed by atoms with Gasteiger partial charge in [0.05, 0.1) is 0 Å². The van der Waals surface area contributed by atoms with Gasteiger partial charge in [-0.1, -0.05) is 133 Å². The maximum absolute atomic E-state index is 6.80. The molecule has 158 valence electrons. The molecule has 1 nitrogen and oxygen atoms in total. The molecule has 0 bridgehead atoms. The lowest BCUT2D eigenvalue weighted by atomic mass is 9.75. The van der Waals surface area contributed by atoms with E-state index in [1.54, 1.807) is 0 Å². The molecular weight excluding hydrogens is 400 g/mol. The van der Waals surface area contributed by atoms with E-state index in [4.69, 9.17) is 4.42 Å². The second-order valence-electron chi connectivity index (χ2n) is 8.48. The predicted octanol–water partition coefficient (Wildman–Crippen LogP) is 8.45. The number of furan rings is 1. The number of rotatable bonds is 4. The van der Waals surface area contributed by atoms with Gasteiger partial charge in [-0.3, -0.25) is 0 Å². The van der Waals surface area contributed by atoms with Gasteiger partial charge < -0.3 is 4.42 Å². The second kappa shape index (κ2) is 8.44. The van der Waals surface area contributed by atoms with Crippen molar-refractivity contribution in [2.75, 3.05) is 0 Å². The van der Waals surface area contributed by atoms with Crippen LogP contribution < -0.4 is 0 Å². The lowest BCUT2D eigenvalue weighted by molar-refractivity contribution is 0.592.